The van der Waals surface area contributed by atoms with E-state index in [2.05, 4.69) is 32.0 Å². The number of aryl methyl sites for hydroxylation is 2. The minimum atomic E-state index is -0.320. The zero-order valence-corrected chi connectivity index (χ0v) is 18.1. The van der Waals surface area contributed by atoms with Crippen molar-refractivity contribution in [3.8, 4) is 11.1 Å². The molecule has 0 radical (unpaired) electrons. The number of rotatable bonds is 6. The van der Waals surface area contributed by atoms with Crippen LogP contribution >= 0.6 is 11.3 Å². The average Bonchev–Trinajstić information content (AvgIpc) is 3.12. The first-order valence-corrected chi connectivity index (χ1v) is 10.7. The number of methoxy groups -OCH3 is 1. The fraction of sp³-hybridized carbons (Fsp3) is 0.250. The minimum absolute atomic E-state index is 0.105. The van der Waals surface area contributed by atoms with Crippen LogP contribution in [0.3, 0.4) is 0 Å². The highest BCUT2D eigenvalue weighted by Crippen LogP contribution is 2.33. The molecule has 0 spiro atoms. The summed E-state index contributed by atoms with van der Waals surface area (Å²) in [5.41, 5.74) is 4.85. The number of aromatic nitrogens is 2. The Morgan fingerprint density at radius 3 is 2.70 bits per heavy atom. The van der Waals surface area contributed by atoms with Gasteiger partial charge in [0, 0.05) is 24.5 Å². The molecular weight excluding hydrogens is 399 g/mol. The van der Waals surface area contributed by atoms with Crippen LogP contribution in [0, 0.1) is 19.7 Å². The number of halogens is 1. The van der Waals surface area contributed by atoms with E-state index in [0.717, 1.165) is 27.1 Å². The van der Waals surface area contributed by atoms with E-state index in [-0.39, 0.29) is 17.9 Å². The van der Waals surface area contributed by atoms with E-state index in [1.54, 1.807) is 17.7 Å². The van der Waals surface area contributed by atoms with Gasteiger partial charge < -0.3 is 4.74 Å². The summed E-state index contributed by atoms with van der Waals surface area (Å²) in [7, 11) is 1.62. The molecule has 0 N–H and O–H groups in total. The summed E-state index contributed by atoms with van der Waals surface area (Å²) in [6, 6.07) is 12.6. The SMILES string of the molecule is COCCc1nc2scc(-c3ccc(C)cc3C)c2c(=O)n1Cc1cccc(F)c1. The van der Waals surface area contributed by atoms with E-state index in [1.807, 2.05) is 11.4 Å². The standard InChI is InChI=1S/C24H23FN2O2S/c1-15-7-8-19(16(2)11-15)20-14-30-23-22(20)24(28)27(21(26-23)9-10-29-3)13-17-5-4-6-18(25)12-17/h4-8,11-12,14H,9-10,13H2,1-3H3. The number of fused-ring (bicyclic) bond motifs is 1. The molecule has 0 aliphatic heterocycles. The first-order valence-electron chi connectivity index (χ1n) is 9.80. The third-order valence-electron chi connectivity index (χ3n) is 5.20. The van der Waals surface area contributed by atoms with E-state index < -0.39 is 0 Å². The van der Waals surface area contributed by atoms with Gasteiger partial charge in [0.05, 0.1) is 18.5 Å². The highest BCUT2D eigenvalue weighted by atomic mass is 32.1. The Balaban J connectivity index is 1.91. The monoisotopic (exact) mass is 422 g/mol. The summed E-state index contributed by atoms with van der Waals surface area (Å²) in [6.45, 7) is 4.83. The summed E-state index contributed by atoms with van der Waals surface area (Å²) in [6.07, 6.45) is 0.508. The molecule has 0 saturated carbocycles. The fourth-order valence-corrected chi connectivity index (χ4v) is 4.69. The maximum Gasteiger partial charge on any atom is 0.263 e. The molecule has 4 nitrogen and oxygen atoms in total. The molecule has 0 bridgehead atoms. The highest BCUT2D eigenvalue weighted by molar-refractivity contribution is 7.17. The Kier molecular flexibility index (Phi) is 5.79. The van der Waals surface area contributed by atoms with Crippen LogP contribution in [0.2, 0.25) is 0 Å². The van der Waals surface area contributed by atoms with Crippen molar-refractivity contribution in [2.24, 2.45) is 0 Å². The van der Waals surface area contributed by atoms with Crippen LogP contribution in [0.1, 0.15) is 22.5 Å². The van der Waals surface area contributed by atoms with Gasteiger partial charge in [-0.25, -0.2) is 9.37 Å². The second-order valence-electron chi connectivity index (χ2n) is 7.44. The molecule has 6 heteroatoms. The van der Waals surface area contributed by atoms with Crippen molar-refractivity contribution >= 4 is 21.6 Å². The quantitative estimate of drug-likeness (QED) is 0.433. The molecule has 4 rings (SSSR count). The maximum atomic E-state index is 13.7. The van der Waals surface area contributed by atoms with Crippen molar-refractivity contribution in [3.05, 3.63) is 86.5 Å². The molecule has 0 fully saturated rings. The Labute approximate surface area is 178 Å². The summed E-state index contributed by atoms with van der Waals surface area (Å²) in [5, 5.41) is 2.62. The minimum Gasteiger partial charge on any atom is -0.384 e. The van der Waals surface area contributed by atoms with Crippen molar-refractivity contribution in [3.63, 3.8) is 0 Å². The van der Waals surface area contributed by atoms with Crippen LogP contribution < -0.4 is 5.56 Å². The smallest absolute Gasteiger partial charge is 0.263 e. The molecular formula is C24H23FN2O2S. The highest BCUT2D eigenvalue weighted by Gasteiger charge is 2.18. The van der Waals surface area contributed by atoms with Gasteiger partial charge in [-0.1, -0.05) is 35.9 Å². The van der Waals surface area contributed by atoms with Crippen LogP contribution in [-0.2, 0) is 17.7 Å². The molecule has 0 unspecified atom stereocenters. The average molecular weight is 423 g/mol. The lowest BCUT2D eigenvalue weighted by Gasteiger charge is -2.13. The second kappa shape index (κ2) is 8.50. The molecule has 2 aromatic carbocycles. The van der Waals surface area contributed by atoms with Crippen molar-refractivity contribution < 1.29 is 9.13 Å². The first-order chi connectivity index (χ1) is 14.5. The number of hydrogen-bond acceptors (Lipinski definition) is 4. The number of thiophene rings is 1. The molecule has 2 heterocycles. The van der Waals surface area contributed by atoms with Crippen molar-refractivity contribution in [1.82, 2.24) is 9.55 Å². The molecule has 2 aromatic heterocycles. The van der Waals surface area contributed by atoms with Gasteiger partial charge in [0.25, 0.3) is 5.56 Å². The summed E-state index contributed by atoms with van der Waals surface area (Å²) < 4.78 is 20.6. The summed E-state index contributed by atoms with van der Waals surface area (Å²) >= 11 is 1.48. The lowest BCUT2D eigenvalue weighted by atomic mass is 9.99. The predicted octanol–water partition coefficient (Wildman–Crippen LogP) is 5.12. The maximum absolute atomic E-state index is 13.7. The Hall–Kier alpha value is -2.83. The van der Waals surface area contributed by atoms with Crippen molar-refractivity contribution in [2.45, 2.75) is 26.8 Å². The third kappa shape index (κ3) is 3.93. The predicted molar refractivity (Wildman–Crippen MR) is 120 cm³/mol. The molecule has 154 valence electrons. The van der Waals surface area contributed by atoms with Gasteiger partial charge >= 0.3 is 0 Å². The van der Waals surface area contributed by atoms with Crippen molar-refractivity contribution in [2.75, 3.05) is 13.7 Å². The van der Waals surface area contributed by atoms with Crippen LogP contribution in [0.5, 0.6) is 0 Å². The normalized spacial score (nSPS) is 11.3. The van der Waals surface area contributed by atoms with Gasteiger partial charge in [0.2, 0.25) is 0 Å². The van der Waals surface area contributed by atoms with E-state index in [0.29, 0.717) is 24.2 Å². The Morgan fingerprint density at radius 2 is 1.97 bits per heavy atom. The van der Waals surface area contributed by atoms with E-state index in [9.17, 15) is 9.18 Å². The number of benzene rings is 2. The van der Waals surface area contributed by atoms with Gasteiger partial charge in [-0.15, -0.1) is 11.3 Å². The zero-order chi connectivity index (χ0) is 21.3. The lowest BCUT2D eigenvalue weighted by molar-refractivity contribution is 0.199. The van der Waals surface area contributed by atoms with Crippen LogP contribution in [0.15, 0.2) is 52.6 Å². The zero-order valence-electron chi connectivity index (χ0n) is 17.2. The number of nitrogens with zero attached hydrogens (tertiary/aromatic N) is 2. The third-order valence-corrected chi connectivity index (χ3v) is 6.08. The van der Waals surface area contributed by atoms with Crippen LogP contribution in [0.25, 0.3) is 21.3 Å². The molecule has 0 aliphatic rings. The number of ether oxygens (including phenoxy) is 1. The van der Waals surface area contributed by atoms with E-state index in [4.69, 9.17) is 9.72 Å². The molecule has 0 saturated heterocycles. The topological polar surface area (TPSA) is 44.1 Å². The van der Waals surface area contributed by atoms with Crippen LogP contribution in [-0.4, -0.2) is 23.3 Å². The first kappa shape index (κ1) is 20.4. The summed E-state index contributed by atoms with van der Waals surface area (Å²) in [4.78, 5) is 19.1. The lowest BCUT2D eigenvalue weighted by Crippen LogP contribution is -2.26. The van der Waals surface area contributed by atoms with Gasteiger partial charge in [0.15, 0.2) is 0 Å². The fourth-order valence-electron chi connectivity index (χ4n) is 3.75. The van der Waals surface area contributed by atoms with Gasteiger partial charge in [-0.3, -0.25) is 9.36 Å². The molecule has 4 aromatic rings. The van der Waals surface area contributed by atoms with Crippen molar-refractivity contribution in [1.29, 1.82) is 0 Å². The Morgan fingerprint density at radius 1 is 1.13 bits per heavy atom. The second-order valence-corrected chi connectivity index (χ2v) is 8.30. The van der Waals surface area contributed by atoms with E-state index >= 15 is 0 Å². The van der Waals surface area contributed by atoms with Gasteiger partial charge in [-0.2, -0.15) is 0 Å². The van der Waals surface area contributed by atoms with E-state index in [1.165, 1.54) is 29.0 Å². The van der Waals surface area contributed by atoms with Gasteiger partial charge in [-0.05, 0) is 42.7 Å². The Bertz CT molecular complexity index is 1280. The summed E-state index contributed by atoms with van der Waals surface area (Å²) in [5.74, 6) is 0.326. The largest absolute Gasteiger partial charge is 0.384 e. The van der Waals surface area contributed by atoms with Gasteiger partial charge in [0.1, 0.15) is 16.5 Å². The number of hydrogen-bond donors (Lipinski definition) is 0. The molecule has 0 amide bonds. The van der Waals surface area contributed by atoms with Crippen LogP contribution in [0.4, 0.5) is 4.39 Å². The molecule has 30 heavy (non-hydrogen) atoms. The molecule has 0 aliphatic carbocycles. The molecule has 0 atom stereocenters.